The van der Waals surface area contributed by atoms with Crippen LogP contribution >= 0.6 is 22.6 Å². The molecule has 0 radical (unpaired) electrons. The van der Waals surface area contributed by atoms with Crippen molar-refractivity contribution in [3.63, 3.8) is 0 Å². The maximum atomic E-state index is 12.6. The first kappa shape index (κ1) is 18.7. The summed E-state index contributed by atoms with van der Waals surface area (Å²) in [7, 11) is -3.76. The van der Waals surface area contributed by atoms with Gasteiger partial charge >= 0.3 is 0 Å². The van der Waals surface area contributed by atoms with Gasteiger partial charge in [-0.25, -0.2) is 8.42 Å². The van der Waals surface area contributed by atoms with Gasteiger partial charge in [0, 0.05) is 20.9 Å². The summed E-state index contributed by atoms with van der Waals surface area (Å²) >= 11 is 2.15. The van der Waals surface area contributed by atoms with Crippen LogP contribution in [0.25, 0.3) is 0 Å². The van der Waals surface area contributed by atoms with Crippen molar-refractivity contribution in [3.05, 3.63) is 57.2 Å². The molecule has 5 nitrogen and oxygen atoms in total. The third-order valence-electron chi connectivity index (χ3n) is 3.28. The lowest BCUT2D eigenvalue weighted by Gasteiger charge is -2.13. The molecule has 0 saturated heterocycles. The van der Waals surface area contributed by atoms with E-state index in [4.69, 9.17) is 0 Å². The van der Waals surface area contributed by atoms with Crippen LogP contribution in [0.15, 0.2) is 47.4 Å². The van der Waals surface area contributed by atoms with Crippen LogP contribution in [0.4, 0.5) is 5.69 Å². The van der Waals surface area contributed by atoms with E-state index in [0.717, 1.165) is 9.13 Å². The highest BCUT2D eigenvalue weighted by Crippen LogP contribution is 2.20. The average Bonchev–Trinajstić information content (AvgIpc) is 2.49. The van der Waals surface area contributed by atoms with Gasteiger partial charge in [-0.2, -0.15) is 0 Å². The zero-order valence-electron chi connectivity index (χ0n) is 13.6. The Morgan fingerprint density at radius 2 is 1.71 bits per heavy atom. The smallest absolute Gasteiger partial charge is 0.261 e. The van der Waals surface area contributed by atoms with Crippen LogP contribution in [0.1, 0.15) is 29.8 Å². The Hall–Kier alpha value is -1.61. The van der Waals surface area contributed by atoms with Crippen LogP contribution in [0.2, 0.25) is 0 Å². The lowest BCUT2D eigenvalue weighted by molar-refractivity contribution is 0.0942. The monoisotopic (exact) mass is 458 g/mol. The van der Waals surface area contributed by atoms with Gasteiger partial charge in [-0.15, -0.1) is 0 Å². The molecule has 0 aliphatic heterocycles. The Kier molecular flexibility index (Phi) is 5.87. The average molecular weight is 458 g/mol. The van der Waals surface area contributed by atoms with Crippen LogP contribution in [0.5, 0.6) is 0 Å². The SMILES string of the molecule is Cc1ccc(S(=O)(=O)Nc2ccc(I)cc2)cc1C(=O)NC(C)C. The molecule has 0 spiro atoms. The van der Waals surface area contributed by atoms with Gasteiger partial charge in [0.05, 0.1) is 4.90 Å². The number of hydrogen-bond donors (Lipinski definition) is 2. The molecule has 0 aliphatic rings. The Morgan fingerprint density at radius 3 is 2.29 bits per heavy atom. The molecule has 0 heterocycles. The van der Waals surface area contributed by atoms with Crippen molar-refractivity contribution >= 4 is 44.2 Å². The molecular weight excluding hydrogens is 439 g/mol. The Balaban J connectivity index is 2.33. The largest absolute Gasteiger partial charge is 0.350 e. The van der Waals surface area contributed by atoms with Crippen molar-refractivity contribution in [1.82, 2.24) is 5.32 Å². The number of aryl methyl sites for hydroxylation is 1. The van der Waals surface area contributed by atoms with Gasteiger partial charge in [-0.3, -0.25) is 9.52 Å². The molecule has 2 rings (SSSR count). The van der Waals surface area contributed by atoms with Crippen molar-refractivity contribution in [2.75, 3.05) is 4.72 Å². The third-order valence-corrected chi connectivity index (χ3v) is 5.38. The van der Waals surface area contributed by atoms with E-state index >= 15 is 0 Å². The normalized spacial score (nSPS) is 11.4. The van der Waals surface area contributed by atoms with E-state index in [-0.39, 0.29) is 16.8 Å². The van der Waals surface area contributed by atoms with Crippen molar-refractivity contribution in [3.8, 4) is 0 Å². The number of sulfonamides is 1. The quantitative estimate of drug-likeness (QED) is 0.674. The van der Waals surface area contributed by atoms with E-state index in [0.29, 0.717) is 11.3 Å². The van der Waals surface area contributed by atoms with Gasteiger partial charge in [0.15, 0.2) is 0 Å². The first-order valence-corrected chi connectivity index (χ1v) is 9.95. The van der Waals surface area contributed by atoms with E-state index in [1.807, 2.05) is 26.0 Å². The minimum Gasteiger partial charge on any atom is -0.350 e. The van der Waals surface area contributed by atoms with Gasteiger partial charge in [0.1, 0.15) is 0 Å². The lowest BCUT2D eigenvalue weighted by atomic mass is 10.1. The van der Waals surface area contributed by atoms with Crippen molar-refractivity contribution < 1.29 is 13.2 Å². The summed E-state index contributed by atoms with van der Waals surface area (Å²) in [5.74, 6) is -0.284. The molecule has 0 atom stereocenters. The molecule has 2 aromatic rings. The number of rotatable bonds is 5. The third kappa shape index (κ3) is 4.70. The summed E-state index contributed by atoms with van der Waals surface area (Å²) in [6.45, 7) is 5.48. The van der Waals surface area contributed by atoms with Crippen molar-refractivity contribution in [2.24, 2.45) is 0 Å². The fourth-order valence-corrected chi connectivity index (χ4v) is 3.53. The molecule has 1 amide bonds. The molecule has 7 heteroatoms. The number of nitrogens with one attached hydrogen (secondary N) is 2. The second-order valence-electron chi connectivity index (χ2n) is 5.72. The van der Waals surface area contributed by atoms with Gasteiger partial charge < -0.3 is 5.32 Å². The van der Waals surface area contributed by atoms with Crippen molar-refractivity contribution in [2.45, 2.75) is 31.7 Å². The summed E-state index contributed by atoms with van der Waals surface area (Å²) in [5.41, 5.74) is 1.56. The number of carbonyl (C=O) groups excluding carboxylic acids is 1. The number of carbonyl (C=O) groups is 1. The first-order chi connectivity index (χ1) is 11.2. The number of halogens is 1. The van der Waals surface area contributed by atoms with Crippen LogP contribution in [0, 0.1) is 10.5 Å². The minimum atomic E-state index is -3.76. The molecule has 2 aromatic carbocycles. The molecule has 0 bridgehead atoms. The van der Waals surface area contributed by atoms with E-state index in [1.54, 1.807) is 25.1 Å². The summed E-state index contributed by atoms with van der Waals surface area (Å²) in [4.78, 5) is 12.3. The van der Waals surface area contributed by atoms with E-state index in [1.165, 1.54) is 12.1 Å². The second-order valence-corrected chi connectivity index (χ2v) is 8.65. The molecule has 0 unspecified atom stereocenters. The van der Waals surface area contributed by atoms with Gasteiger partial charge in [-0.05, 0) is 85.3 Å². The van der Waals surface area contributed by atoms with E-state index in [9.17, 15) is 13.2 Å². The van der Waals surface area contributed by atoms with E-state index < -0.39 is 10.0 Å². The Morgan fingerprint density at radius 1 is 1.08 bits per heavy atom. The highest BCUT2D eigenvalue weighted by Gasteiger charge is 2.18. The summed E-state index contributed by atoms with van der Waals surface area (Å²) in [5, 5.41) is 2.78. The molecule has 2 N–H and O–H groups in total. The summed E-state index contributed by atoms with van der Waals surface area (Å²) in [6.07, 6.45) is 0. The maximum absolute atomic E-state index is 12.6. The predicted octanol–water partition coefficient (Wildman–Crippen LogP) is 3.54. The highest BCUT2D eigenvalue weighted by molar-refractivity contribution is 14.1. The predicted molar refractivity (Wildman–Crippen MR) is 104 cm³/mol. The Bertz CT molecular complexity index is 847. The number of benzene rings is 2. The number of amides is 1. The molecule has 0 saturated carbocycles. The fraction of sp³-hybridized carbons (Fsp3) is 0.235. The first-order valence-electron chi connectivity index (χ1n) is 7.39. The second kappa shape index (κ2) is 7.52. The van der Waals surface area contributed by atoms with Crippen LogP contribution in [-0.4, -0.2) is 20.4 Å². The summed E-state index contributed by atoms with van der Waals surface area (Å²) in [6, 6.07) is 11.5. The standard InChI is InChI=1S/C17H19IN2O3S/c1-11(2)19-17(21)16-10-15(9-4-12(16)3)24(22,23)20-14-7-5-13(18)6-8-14/h4-11,20H,1-3H3,(H,19,21). The minimum absolute atomic E-state index is 0.0259. The topological polar surface area (TPSA) is 75.3 Å². The van der Waals surface area contributed by atoms with Gasteiger partial charge in [0.25, 0.3) is 15.9 Å². The van der Waals surface area contributed by atoms with Crippen LogP contribution in [0.3, 0.4) is 0 Å². The van der Waals surface area contributed by atoms with Crippen LogP contribution in [-0.2, 0) is 10.0 Å². The zero-order valence-corrected chi connectivity index (χ0v) is 16.6. The van der Waals surface area contributed by atoms with Gasteiger partial charge in [-0.1, -0.05) is 6.07 Å². The molecule has 128 valence electrons. The highest BCUT2D eigenvalue weighted by atomic mass is 127. The lowest BCUT2D eigenvalue weighted by Crippen LogP contribution is -2.30. The maximum Gasteiger partial charge on any atom is 0.261 e. The zero-order chi connectivity index (χ0) is 17.9. The molecule has 0 aliphatic carbocycles. The molecular formula is C17H19IN2O3S. The van der Waals surface area contributed by atoms with Crippen molar-refractivity contribution in [1.29, 1.82) is 0 Å². The summed E-state index contributed by atoms with van der Waals surface area (Å²) < 4.78 is 28.6. The number of hydrogen-bond acceptors (Lipinski definition) is 3. The fourth-order valence-electron chi connectivity index (χ4n) is 2.08. The Labute approximate surface area is 156 Å². The van der Waals surface area contributed by atoms with E-state index in [2.05, 4.69) is 32.6 Å². The molecule has 24 heavy (non-hydrogen) atoms. The van der Waals surface area contributed by atoms with Crippen LogP contribution < -0.4 is 10.0 Å². The van der Waals surface area contributed by atoms with Gasteiger partial charge in [0.2, 0.25) is 0 Å². The number of anilines is 1. The molecule has 0 fully saturated rings. The molecule has 0 aromatic heterocycles.